The molecular formula is C14H18N2O. The first kappa shape index (κ1) is 13.2. The van der Waals surface area contributed by atoms with Crippen molar-refractivity contribution in [2.45, 2.75) is 33.1 Å². The molecule has 1 amide bonds. The molecule has 0 radical (unpaired) electrons. The molecule has 0 saturated heterocycles. The maximum absolute atomic E-state index is 11.7. The van der Waals surface area contributed by atoms with Crippen LogP contribution in [0.15, 0.2) is 24.3 Å². The molecule has 0 bridgehead atoms. The minimum Gasteiger partial charge on any atom is -0.298 e. The van der Waals surface area contributed by atoms with Gasteiger partial charge in [0.05, 0.1) is 6.07 Å². The van der Waals surface area contributed by atoms with Crippen LogP contribution < -0.4 is 4.90 Å². The fourth-order valence-electron chi connectivity index (χ4n) is 1.93. The van der Waals surface area contributed by atoms with Gasteiger partial charge in [-0.15, -0.1) is 0 Å². The summed E-state index contributed by atoms with van der Waals surface area (Å²) >= 11 is 0. The molecule has 2 rings (SSSR count). The van der Waals surface area contributed by atoms with Gasteiger partial charge in [0.1, 0.15) is 6.54 Å². The number of carbonyl (C=O) groups excluding carboxylic acids is 1. The minimum atomic E-state index is 0.0569. The van der Waals surface area contributed by atoms with E-state index in [1.807, 2.05) is 44.2 Å². The van der Waals surface area contributed by atoms with E-state index >= 15 is 0 Å². The van der Waals surface area contributed by atoms with Crippen molar-refractivity contribution in [1.29, 1.82) is 5.26 Å². The topological polar surface area (TPSA) is 44.1 Å². The number of benzene rings is 1. The monoisotopic (exact) mass is 230 g/mol. The van der Waals surface area contributed by atoms with Crippen molar-refractivity contribution in [3.05, 3.63) is 29.8 Å². The SMILES string of the molecule is CC.N#CCN1C(=O)CCCc2ccccc21. The number of rotatable bonds is 1. The fourth-order valence-corrected chi connectivity index (χ4v) is 1.93. The van der Waals surface area contributed by atoms with E-state index in [0.29, 0.717) is 6.42 Å². The van der Waals surface area contributed by atoms with Crippen molar-refractivity contribution in [3.63, 3.8) is 0 Å². The molecule has 1 aliphatic heterocycles. The predicted molar refractivity (Wildman–Crippen MR) is 68.7 cm³/mol. The summed E-state index contributed by atoms with van der Waals surface area (Å²) < 4.78 is 0. The summed E-state index contributed by atoms with van der Waals surface area (Å²) in [7, 11) is 0. The Hall–Kier alpha value is -1.82. The number of nitrogens with zero attached hydrogens (tertiary/aromatic N) is 2. The van der Waals surface area contributed by atoms with Gasteiger partial charge in [0.25, 0.3) is 0 Å². The Morgan fingerprint density at radius 3 is 2.71 bits per heavy atom. The first-order valence-electron chi connectivity index (χ1n) is 6.08. The highest BCUT2D eigenvalue weighted by molar-refractivity contribution is 5.95. The van der Waals surface area contributed by atoms with E-state index in [-0.39, 0.29) is 12.5 Å². The molecule has 1 aliphatic rings. The van der Waals surface area contributed by atoms with Gasteiger partial charge in [0.15, 0.2) is 0 Å². The van der Waals surface area contributed by atoms with Crippen LogP contribution in [-0.4, -0.2) is 12.5 Å². The van der Waals surface area contributed by atoms with Gasteiger partial charge < -0.3 is 0 Å². The minimum absolute atomic E-state index is 0.0569. The van der Waals surface area contributed by atoms with E-state index in [9.17, 15) is 4.79 Å². The number of anilines is 1. The number of carbonyl (C=O) groups is 1. The average Bonchev–Trinajstić information content (AvgIpc) is 2.53. The van der Waals surface area contributed by atoms with Crippen molar-refractivity contribution in [2.75, 3.05) is 11.4 Å². The number of para-hydroxylation sites is 1. The van der Waals surface area contributed by atoms with Crippen molar-refractivity contribution < 1.29 is 4.79 Å². The van der Waals surface area contributed by atoms with Crippen molar-refractivity contribution in [3.8, 4) is 6.07 Å². The van der Waals surface area contributed by atoms with Crippen LogP contribution in [0.2, 0.25) is 0 Å². The Labute approximate surface area is 103 Å². The molecule has 1 aromatic rings. The van der Waals surface area contributed by atoms with Crippen LogP contribution in [0.5, 0.6) is 0 Å². The molecule has 0 unspecified atom stereocenters. The molecule has 0 aliphatic carbocycles. The number of amides is 1. The number of hydrogen-bond donors (Lipinski definition) is 0. The Bertz CT molecular complexity index is 420. The van der Waals surface area contributed by atoms with E-state index in [1.165, 1.54) is 5.56 Å². The van der Waals surface area contributed by atoms with Gasteiger partial charge in [-0.25, -0.2) is 0 Å². The van der Waals surface area contributed by atoms with Gasteiger partial charge in [-0.3, -0.25) is 9.69 Å². The normalized spacial score (nSPS) is 13.9. The maximum Gasteiger partial charge on any atom is 0.227 e. The molecule has 0 spiro atoms. The summed E-state index contributed by atoms with van der Waals surface area (Å²) in [5.74, 6) is 0.0569. The van der Waals surface area contributed by atoms with Crippen molar-refractivity contribution >= 4 is 11.6 Å². The molecule has 3 heteroatoms. The Balaban J connectivity index is 0.000000686. The van der Waals surface area contributed by atoms with Gasteiger partial charge in [-0.2, -0.15) is 5.26 Å². The summed E-state index contributed by atoms with van der Waals surface area (Å²) in [5.41, 5.74) is 2.07. The van der Waals surface area contributed by atoms with Crippen LogP contribution >= 0.6 is 0 Å². The van der Waals surface area contributed by atoms with Crippen LogP contribution in [0, 0.1) is 11.3 Å². The smallest absolute Gasteiger partial charge is 0.227 e. The maximum atomic E-state index is 11.7. The lowest BCUT2D eigenvalue weighted by molar-refractivity contribution is -0.118. The summed E-state index contributed by atoms with van der Waals surface area (Å²) in [5, 5.41) is 8.71. The van der Waals surface area contributed by atoms with Crippen LogP contribution in [0.3, 0.4) is 0 Å². The average molecular weight is 230 g/mol. The van der Waals surface area contributed by atoms with E-state index < -0.39 is 0 Å². The lowest BCUT2D eigenvalue weighted by Gasteiger charge is -2.19. The highest BCUT2D eigenvalue weighted by Crippen LogP contribution is 2.26. The molecule has 3 nitrogen and oxygen atoms in total. The molecule has 1 heterocycles. The summed E-state index contributed by atoms with van der Waals surface area (Å²) in [6.45, 7) is 4.15. The summed E-state index contributed by atoms with van der Waals surface area (Å²) in [4.78, 5) is 13.3. The van der Waals surface area contributed by atoms with Crippen LogP contribution in [-0.2, 0) is 11.2 Å². The zero-order valence-electron chi connectivity index (χ0n) is 10.4. The third kappa shape index (κ3) is 3.07. The zero-order chi connectivity index (χ0) is 12.7. The number of fused-ring (bicyclic) bond motifs is 1. The third-order valence-electron chi connectivity index (χ3n) is 2.65. The molecule has 1 aromatic carbocycles. The van der Waals surface area contributed by atoms with Crippen LogP contribution in [0.1, 0.15) is 32.3 Å². The molecular weight excluding hydrogens is 212 g/mol. The molecule has 0 fully saturated rings. The van der Waals surface area contributed by atoms with Gasteiger partial charge in [-0.1, -0.05) is 32.0 Å². The first-order valence-corrected chi connectivity index (χ1v) is 6.08. The van der Waals surface area contributed by atoms with E-state index in [0.717, 1.165) is 18.5 Å². The highest BCUT2D eigenvalue weighted by atomic mass is 16.2. The molecule has 0 aromatic heterocycles. The van der Waals surface area contributed by atoms with Crippen molar-refractivity contribution in [2.24, 2.45) is 0 Å². The lowest BCUT2D eigenvalue weighted by Crippen LogP contribution is -2.30. The molecule has 17 heavy (non-hydrogen) atoms. The van der Waals surface area contributed by atoms with E-state index in [4.69, 9.17) is 5.26 Å². The van der Waals surface area contributed by atoms with Gasteiger partial charge in [-0.05, 0) is 24.5 Å². The summed E-state index contributed by atoms with van der Waals surface area (Å²) in [6, 6.07) is 9.86. The first-order chi connectivity index (χ1) is 8.33. The molecule has 0 saturated carbocycles. The standard InChI is InChI=1S/C12H12N2O.C2H6/c13-8-9-14-11-6-2-1-4-10(11)5-3-7-12(14)15;1-2/h1-2,4,6H,3,5,7,9H2;1-2H3. The van der Waals surface area contributed by atoms with Crippen LogP contribution in [0.4, 0.5) is 5.69 Å². The van der Waals surface area contributed by atoms with Crippen LogP contribution in [0.25, 0.3) is 0 Å². The quantitative estimate of drug-likeness (QED) is 0.696. The Morgan fingerprint density at radius 2 is 2.00 bits per heavy atom. The number of nitriles is 1. The largest absolute Gasteiger partial charge is 0.298 e. The fraction of sp³-hybridized carbons (Fsp3) is 0.429. The van der Waals surface area contributed by atoms with Gasteiger partial charge >= 0.3 is 0 Å². The van der Waals surface area contributed by atoms with Gasteiger partial charge in [0, 0.05) is 12.1 Å². The summed E-state index contributed by atoms with van der Waals surface area (Å²) in [6.07, 6.45) is 2.33. The second kappa shape index (κ2) is 6.70. The van der Waals surface area contributed by atoms with E-state index in [1.54, 1.807) is 4.90 Å². The molecule has 0 N–H and O–H groups in total. The number of aryl methyl sites for hydroxylation is 1. The molecule has 0 atom stereocenters. The van der Waals surface area contributed by atoms with Crippen molar-refractivity contribution in [1.82, 2.24) is 0 Å². The zero-order valence-corrected chi connectivity index (χ0v) is 10.4. The third-order valence-corrected chi connectivity index (χ3v) is 2.65. The highest BCUT2D eigenvalue weighted by Gasteiger charge is 2.20. The lowest BCUT2D eigenvalue weighted by atomic mass is 10.1. The second-order valence-electron chi connectivity index (χ2n) is 3.62. The predicted octanol–water partition coefficient (Wildman–Crippen LogP) is 2.91. The second-order valence-corrected chi connectivity index (χ2v) is 3.62. The molecule has 90 valence electrons. The Morgan fingerprint density at radius 1 is 1.29 bits per heavy atom. The van der Waals surface area contributed by atoms with Gasteiger partial charge in [0.2, 0.25) is 5.91 Å². The Kier molecular flexibility index (Phi) is 5.22. The van der Waals surface area contributed by atoms with E-state index in [2.05, 4.69) is 0 Å². The number of hydrogen-bond acceptors (Lipinski definition) is 2.